The van der Waals surface area contributed by atoms with Crippen LogP contribution in [-0.2, 0) is 14.8 Å². The van der Waals surface area contributed by atoms with Crippen molar-refractivity contribution in [1.29, 1.82) is 0 Å². The highest BCUT2D eigenvalue weighted by Crippen LogP contribution is 2.27. The molecular formula is C18H17ClF2N2O4S2. The first-order valence-electron chi connectivity index (χ1n) is 8.51. The van der Waals surface area contributed by atoms with Crippen LogP contribution in [0.2, 0.25) is 5.02 Å². The molecule has 1 amide bonds. The minimum atomic E-state index is -3.78. The van der Waals surface area contributed by atoms with Crippen LogP contribution >= 0.6 is 23.4 Å². The fourth-order valence-electron chi connectivity index (χ4n) is 2.69. The van der Waals surface area contributed by atoms with Crippen molar-refractivity contribution in [3.05, 3.63) is 53.1 Å². The van der Waals surface area contributed by atoms with Gasteiger partial charge in [-0.15, -0.1) is 0 Å². The van der Waals surface area contributed by atoms with E-state index in [1.54, 1.807) is 0 Å². The second-order valence-electron chi connectivity index (χ2n) is 6.02. The molecule has 2 aromatic rings. The molecule has 0 unspecified atom stereocenters. The Bertz CT molecular complexity index is 982. The Morgan fingerprint density at radius 3 is 2.41 bits per heavy atom. The first kappa shape index (κ1) is 22.0. The van der Waals surface area contributed by atoms with Crippen LogP contribution in [0.5, 0.6) is 0 Å². The summed E-state index contributed by atoms with van der Waals surface area (Å²) in [5.41, 5.74) is 0.359. The molecule has 3 rings (SSSR count). The van der Waals surface area contributed by atoms with Crippen LogP contribution in [0.15, 0.2) is 52.3 Å². The number of thioether (sulfide) groups is 1. The third kappa shape index (κ3) is 5.46. The lowest BCUT2D eigenvalue weighted by atomic mass is 10.2. The summed E-state index contributed by atoms with van der Waals surface area (Å²) in [6.07, 6.45) is 0. The summed E-state index contributed by atoms with van der Waals surface area (Å²) in [5.74, 6) is -3.14. The number of alkyl halides is 2. The number of morpholine rings is 1. The molecule has 29 heavy (non-hydrogen) atoms. The molecule has 1 N–H and O–H groups in total. The number of halogens is 3. The van der Waals surface area contributed by atoms with E-state index in [0.717, 1.165) is 0 Å². The number of anilines is 1. The molecule has 0 aliphatic carbocycles. The second kappa shape index (κ2) is 9.40. The van der Waals surface area contributed by atoms with Crippen molar-refractivity contribution in [2.75, 3.05) is 31.6 Å². The lowest BCUT2D eigenvalue weighted by Gasteiger charge is -2.26. The van der Waals surface area contributed by atoms with Gasteiger partial charge in [0.2, 0.25) is 10.0 Å². The highest BCUT2D eigenvalue weighted by atomic mass is 35.5. The zero-order chi connectivity index (χ0) is 21.0. The number of amides is 1. The van der Waals surface area contributed by atoms with Gasteiger partial charge in [-0.1, -0.05) is 23.4 Å². The van der Waals surface area contributed by atoms with Crippen LogP contribution in [-0.4, -0.2) is 50.7 Å². The minimum absolute atomic E-state index is 0.00738. The quantitative estimate of drug-likeness (QED) is 0.658. The third-order valence-corrected chi connectivity index (χ3v) is 7.07. The van der Waals surface area contributed by atoms with E-state index in [-0.39, 0.29) is 28.6 Å². The Balaban J connectivity index is 1.79. The predicted octanol–water partition coefficient (Wildman–Crippen LogP) is 3.93. The van der Waals surface area contributed by atoms with E-state index in [0.29, 0.717) is 35.6 Å². The number of sulfonamides is 1. The van der Waals surface area contributed by atoms with Gasteiger partial charge in [-0.3, -0.25) is 4.79 Å². The molecule has 0 atom stereocenters. The molecule has 2 aromatic carbocycles. The molecule has 1 heterocycles. The fraction of sp³-hybridized carbons (Fsp3) is 0.278. The Morgan fingerprint density at radius 2 is 1.79 bits per heavy atom. The minimum Gasteiger partial charge on any atom is -0.379 e. The van der Waals surface area contributed by atoms with Gasteiger partial charge < -0.3 is 10.1 Å². The normalized spacial score (nSPS) is 15.4. The van der Waals surface area contributed by atoms with Gasteiger partial charge in [0.1, 0.15) is 0 Å². The maximum absolute atomic E-state index is 12.8. The monoisotopic (exact) mass is 462 g/mol. The van der Waals surface area contributed by atoms with E-state index in [1.807, 2.05) is 0 Å². The summed E-state index contributed by atoms with van der Waals surface area (Å²) in [7, 11) is -3.78. The Kier molecular flexibility index (Phi) is 7.12. The van der Waals surface area contributed by atoms with E-state index in [9.17, 15) is 22.0 Å². The molecular weight excluding hydrogens is 446 g/mol. The average molecular weight is 463 g/mol. The highest BCUT2D eigenvalue weighted by molar-refractivity contribution is 7.99. The molecule has 156 valence electrons. The topological polar surface area (TPSA) is 75.7 Å². The van der Waals surface area contributed by atoms with Crippen LogP contribution in [0, 0.1) is 0 Å². The van der Waals surface area contributed by atoms with Crippen LogP contribution in [0.25, 0.3) is 0 Å². The van der Waals surface area contributed by atoms with E-state index >= 15 is 0 Å². The number of carbonyl (C=O) groups is 1. The molecule has 0 aromatic heterocycles. The lowest BCUT2D eigenvalue weighted by Crippen LogP contribution is -2.40. The third-order valence-electron chi connectivity index (χ3n) is 4.13. The summed E-state index contributed by atoms with van der Waals surface area (Å²) < 4.78 is 56.8. The number of hydrogen-bond acceptors (Lipinski definition) is 5. The SMILES string of the molecule is O=C(Nc1ccc(SC(F)F)cc1)c1cc(S(=O)(=O)N2CCOCC2)ccc1Cl. The van der Waals surface area contributed by atoms with Crippen molar-refractivity contribution < 1.29 is 26.7 Å². The molecule has 0 spiro atoms. The number of hydrogen-bond donors (Lipinski definition) is 1. The molecule has 6 nitrogen and oxygen atoms in total. The van der Waals surface area contributed by atoms with Gasteiger partial charge in [-0.25, -0.2) is 8.42 Å². The van der Waals surface area contributed by atoms with E-state index < -0.39 is 21.7 Å². The van der Waals surface area contributed by atoms with Gasteiger partial charge >= 0.3 is 0 Å². The molecule has 0 radical (unpaired) electrons. The molecule has 1 saturated heterocycles. The lowest BCUT2D eigenvalue weighted by molar-refractivity contribution is 0.0730. The molecule has 1 aliphatic heterocycles. The molecule has 11 heteroatoms. The van der Waals surface area contributed by atoms with Gasteiger partial charge in [-0.05, 0) is 42.5 Å². The second-order valence-corrected chi connectivity index (χ2v) is 9.42. The van der Waals surface area contributed by atoms with Gasteiger partial charge in [0.25, 0.3) is 11.7 Å². The van der Waals surface area contributed by atoms with Gasteiger partial charge in [0.05, 0.1) is 28.7 Å². The van der Waals surface area contributed by atoms with Crippen molar-refractivity contribution in [1.82, 2.24) is 4.31 Å². The highest BCUT2D eigenvalue weighted by Gasteiger charge is 2.27. The van der Waals surface area contributed by atoms with Crippen molar-refractivity contribution in [3.63, 3.8) is 0 Å². The average Bonchev–Trinajstić information content (AvgIpc) is 2.70. The largest absolute Gasteiger partial charge is 0.379 e. The number of nitrogens with zero attached hydrogens (tertiary/aromatic N) is 1. The number of rotatable bonds is 6. The summed E-state index contributed by atoms with van der Waals surface area (Å²) in [6, 6.07) is 9.78. The van der Waals surface area contributed by atoms with Crippen LogP contribution in [0.3, 0.4) is 0 Å². The van der Waals surface area contributed by atoms with E-state index in [4.69, 9.17) is 16.3 Å². The molecule has 1 aliphatic rings. The van der Waals surface area contributed by atoms with E-state index in [2.05, 4.69) is 5.32 Å². The summed E-state index contributed by atoms with van der Waals surface area (Å²) in [6.45, 7) is 1.07. The predicted molar refractivity (Wildman–Crippen MR) is 107 cm³/mol. The van der Waals surface area contributed by atoms with Gasteiger partial charge in [-0.2, -0.15) is 13.1 Å². The van der Waals surface area contributed by atoms with Crippen LogP contribution in [0.1, 0.15) is 10.4 Å². The Labute approximate surface area is 176 Å². The summed E-state index contributed by atoms with van der Waals surface area (Å²) in [4.78, 5) is 12.9. The zero-order valence-electron chi connectivity index (χ0n) is 15.0. The number of ether oxygens (including phenoxy) is 1. The van der Waals surface area contributed by atoms with Crippen molar-refractivity contribution in [2.24, 2.45) is 0 Å². The van der Waals surface area contributed by atoms with E-state index in [1.165, 1.54) is 46.8 Å². The molecule has 1 fully saturated rings. The smallest absolute Gasteiger partial charge is 0.288 e. The zero-order valence-corrected chi connectivity index (χ0v) is 17.4. The first-order valence-corrected chi connectivity index (χ1v) is 11.2. The van der Waals surface area contributed by atoms with Crippen molar-refractivity contribution >= 4 is 45.0 Å². The summed E-state index contributed by atoms with van der Waals surface area (Å²) >= 11 is 6.50. The fourth-order valence-corrected chi connectivity index (χ4v) is 4.83. The first-order chi connectivity index (χ1) is 13.8. The Morgan fingerprint density at radius 1 is 1.14 bits per heavy atom. The van der Waals surface area contributed by atoms with Crippen LogP contribution < -0.4 is 5.32 Å². The number of carbonyl (C=O) groups excluding carboxylic acids is 1. The van der Waals surface area contributed by atoms with Crippen molar-refractivity contribution in [2.45, 2.75) is 15.5 Å². The standard InChI is InChI=1S/C18H17ClF2N2O4S2/c19-16-6-5-14(29(25,26)23-7-9-27-10-8-23)11-15(16)17(24)22-12-1-3-13(4-2-12)28-18(20)21/h1-6,11,18H,7-10H2,(H,22,24). The maximum Gasteiger partial charge on any atom is 0.288 e. The number of benzene rings is 2. The summed E-state index contributed by atoms with van der Waals surface area (Å²) in [5, 5.41) is 2.68. The van der Waals surface area contributed by atoms with Crippen LogP contribution in [0.4, 0.5) is 14.5 Å². The van der Waals surface area contributed by atoms with Gasteiger partial charge in [0.15, 0.2) is 0 Å². The Hall–Kier alpha value is -1.72. The van der Waals surface area contributed by atoms with Gasteiger partial charge in [0, 0.05) is 23.7 Å². The maximum atomic E-state index is 12.8. The molecule has 0 saturated carbocycles. The number of nitrogens with one attached hydrogen (secondary N) is 1. The van der Waals surface area contributed by atoms with Crippen molar-refractivity contribution in [3.8, 4) is 0 Å². The molecule has 0 bridgehead atoms.